The summed E-state index contributed by atoms with van der Waals surface area (Å²) in [5, 5.41) is 1.94. The topological polar surface area (TPSA) is 56.2 Å². The maximum atomic E-state index is 12.1. The number of H-pyrrole nitrogens is 1. The molecule has 0 spiro atoms. The highest BCUT2D eigenvalue weighted by Gasteiger charge is 2.16. The van der Waals surface area contributed by atoms with E-state index in [1.165, 1.54) is 0 Å². The van der Waals surface area contributed by atoms with Crippen LogP contribution in [0.2, 0.25) is 0 Å². The molecule has 0 aliphatic carbocycles. The van der Waals surface area contributed by atoms with Gasteiger partial charge in [-0.3, -0.25) is 4.79 Å². The first-order chi connectivity index (χ1) is 9.58. The molecule has 1 aromatic carbocycles. The van der Waals surface area contributed by atoms with Gasteiger partial charge in [0.25, 0.3) is 5.56 Å². The molecule has 2 heterocycles. The number of aromatic amines is 1. The molecule has 0 unspecified atom stereocenters. The van der Waals surface area contributed by atoms with Crippen LogP contribution < -0.4 is 15.0 Å². The first kappa shape index (κ1) is 12.6. The summed E-state index contributed by atoms with van der Waals surface area (Å²) in [5.74, 6) is 1.31. The van der Waals surface area contributed by atoms with Crippen molar-refractivity contribution in [3.63, 3.8) is 0 Å². The molecule has 3 aromatic rings. The smallest absolute Gasteiger partial charge is 0.272 e. The van der Waals surface area contributed by atoms with E-state index in [1.807, 2.05) is 30.7 Å². The Morgan fingerprint density at radius 2 is 1.80 bits per heavy atom. The number of nitrogens with one attached hydrogen (secondary N) is 1. The molecule has 0 amide bonds. The lowest BCUT2D eigenvalue weighted by Crippen LogP contribution is -2.09. The second-order valence-electron chi connectivity index (χ2n) is 4.81. The molecule has 0 fully saturated rings. The number of methoxy groups -OCH3 is 2. The highest BCUT2D eigenvalue weighted by molar-refractivity contribution is 6.10. The Hall–Kier alpha value is -2.43. The van der Waals surface area contributed by atoms with Crippen LogP contribution >= 0.6 is 0 Å². The second-order valence-corrected chi connectivity index (χ2v) is 4.81. The molecule has 5 heteroatoms. The van der Waals surface area contributed by atoms with Gasteiger partial charge in [-0.25, -0.2) is 0 Å². The van der Waals surface area contributed by atoms with Crippen molar-refractivity contribution in [2.75, 3.05) is 14.2 Å². The van der Waals surface area contributed by atoms with E-state index >= 15 is 0 Å². The van der Waals surface area contributed by atoms with Gasteiger partial charge < -0.3 is 19.0 Å². The fraction of sp³-hybridized carbons (Fsp3) is 0.267. The average molecular weight is 272 g/mol. The number of benzene rings is 1. The van der Waals surface area contributed by atoms with E-state index in [0.29, 0.717) is 17.0 Å². The number of aromatic nitrogens is 2. The van der Waals surface area contributed by atoms with E-state index in [2.05, 4.69) is 4.98 Å². The van der Waals surface area contributed by atoms with Gasteiger partial charge in [-0.05, 0) is 18.6 Å². The Bertz CT molecular complexity index is 874. The van der Waals surface area contributed by atoms with Crippen molar-refractivity contribution in [2.45, 2.75) is 6.92 Å². The van der Waals surface area contributed by atoms with E-state index in [9.17, 15) is 4.79 Å². The Balaban J connectivity index is 2.60. The average Bonchev–Trinajstić information content (AvgIpc) is 2.75. The van der Waals surface area contributed by atoms with Gasteiger partial charge >= 0.3 is 0 Å². The van der Waals surface area contributed by atoms with Crippen LogP contribution in [0.1, 0.15) is 5.56 Å². The lowest BCUT2D eigenvalue weighted by molar-refractivity contribution is 0.356. The van der Waals surface area contributed by atoms with Gasteiger partial charge in [0.05, 0.1) is 19.7 Å². The fourth-order valence-electron chi connectivity index (χ4n) is 2.74. The summed E-state index contributed by atoms with van der Waals surface area (Å²) in [6.45, 7) is 1.98. The lowest BCUT2D eigenvalue weighted by Gasteiger charge is -2.08. The first-order valence-corrected chi connectivity index (χ1v) is 6.31. The van der Waals surface area contributed by atoms with Crippen LogP contribution in [0.5, 0.6) is 11.5 Å². The minimum absolute atomic E-state index is 0.0952. The Labute approximate surface area is 115 Å². The number of nitrogens with zero attached hydrogens (tertiary/aromatic N) is 1. The number of aryl methyl sites for hydroxylation is 2. The predicted molar refractivity (Wildman–Crippen MR) is 78.9 cm³/mol. The summed E-state index contributed by atoms with van der Waals surface area (Å²) in [4.78, 5) is 14.9. The molecular formula is C15H16N2O3. The molecule has 0 saturated carbocycles. The number of pyridine rings is 1. The highest BCUT2D eigenvalue weighted by atomic mass is 16.5. The molecule has 2 aromatic heterocycles. The molecule has 0 radical (unpaired) electrons. The largest absolute Gasteiger partial charge is 0.493 e. The van der Waals surface area contributed by atoms with Crippen molar-refractivity contribution >= 4 is 21.8 Å². The summed E-state index contributed by atoms with van der Waals surface area (Å²) >= 11 is 0. The van der Waals surface area contributed by atoms with Crippen LogP contribution in [0.4, 0.5) is 0 Å². The minimum atomic E-state index is -0.0952. The second kappa shape index (κ2) is 4.30. The van der Waals surface area contributed by atoms with Crippen LogP contribution in [0.15, 0.2) is 23.1 Å². The van der Waals surface area contributed by atoms with E-state index in [4.69, 9.17) is 9.47 Å². The summed E-state index contributed by atoms with van der Waals surface area (Å²) in [7, 11) is 5.09. The number of hydrogen-bond acceptors (Lipinski definition) is 3. The van der Waals surface area contributed by atoms with E-state index in [1.54, 1.807) is 20.4 Å². The molecular weight excluding hydrogens is 256 g/mol. The standard InChI is InChI=1S/C15H16N2O3/c1-8-7-16-15(18)14-13(8)9-5-11(19-3)12(20-4)6-10(9)17(14)2/h5-7H,1-4H3,(H,16,18). The van der Waals surface area contributed by atoms with Crippen molar-refractivity contribution in [3.8, 4) is 11.5 Å². The maximum absolute atomic E-state index is 12.1. The SMILES string of the molecule is COc1cc2c3c(C)c[nH]c(=O)c3n(C)c2cc1OC. The fourth-order valence-corrected chi connectivity index (χ4v) is 2.74. The third-order valence-corrected chi connectivity index (χ3v) is 3.73. The molecule has 3 rings (SSSR count). The van der Waals surface area contributed by atoms with Crippen LogP contribution in [0, 0.1) is 6.92 Å². The zero-order chi connectivity index (χ0) is 14.4. The van der Waals surface area contributed by atoms with Crippen molar-refractivity contribution < 1.29 is 9.47 Å². The maximum Gasteiger partial charge on any atom is 0.272 e. The van der Waals surface area contributed by atoms with E-state index < -0.39 is 0 Å². The van der Waals surface area contributed by atoms with Crippen molar-refractivity contribution in [1.29, 1.82) is 0 Å². The molecule has 0 aliphatic rings. The number of rotatable bonds is 2. The molecule has 5 nitrogen and oxygen atoms in total. The van der Waals surface area contributed by atoms with E-state index in [-0.39, 0.29) is 5.56 Å². The van der Waals surface area contributed by atoms with Gasteiger partial charge in [-0.15, -0.1) is 0 Å². The first-order valence-electron chi connectivity index (χ1n) is 6.31. The predicted octanol–water partition coefficient (Wildman–Crippen LogP) is 2.35. The van der Waals surface area contributed by atoms with E-state index in [0.717, 1.165) is 21.9 Å². The van der Waals surface area contributed by atoms with Crippen LogP contribution in [-0.4, -0.2) is 23.8 Å². The Kier molecular flexibility index (Phi) is 2.71. The number of ether oxygens (including phenoxy) is 2. The normalized spacial score (nSPS) is 11.2. The summed E-state index contributed by atoms with van der Waals surface area (Å²) in [6, 6.07) is 3.82. The quantitative estimate of drug-likeness (QED) is 0.779. The molecule has 0 saturated heterocycles. The van der Waals surface area contributed by atoms with Gasteiger partial charge in [0, 0.05) is 30.1 Å². The molecule has 0 atom stereocenters. The highest BCUT2D eigenvalue weighted by Crippen LogP contribution is 2.37. The monoisotopic (exact) mass is 272 g/mol. The summed E-state index contributed by atoms with van der Waals surface area (Å²) in [6.07, 6.45) is 1.74. The zero-order valence-corrected chi connectivity index (χ0v) is 11.9. The third kappa shape index (κ3) is 1.52. The zero-order valence-electron chi connectivity index (χ0n) is 11.9. The summed E-state index contributed by atoms with van der Waals surface area (Å²) < 4.78 is 12.6. The molecule has 1 N–H and O–H groups in total. The minimum Gasteiger partial charge on any atom is -0.493 e. The van der Waals surface area contributed by atoms with Crippen molar-refractivity contribution in [3.05, 3.63) is 34.2 Å². The van der Waals surface area contributed by atoms with Crippen LogP contribution in [0.25, 0.3) is 21.8 Å². The van der Waals surface area contributed by atoms with Crippen LogP contribution in [0.3, 0.4) is 0 Å². The molecule has 0 aliphatic heterocycles. The van der Waals surface area contributed by atoms with Gasteiger partial charge in [-0.1, -0.05) is 0 Å². The molecule has 104 valence electrons. The van der Waals surface area contributed by atoms with Crippen LogP contribution in [-0.2, 0) is 7.05 Å². The van der Waals surface area contributed by atoms with Crippen molar-refractivity contribution in [2.24, 2.45) is 7.05 Å². The van der Waals surface area contributed by atoms with Gasteiger partial charge in [0.15, 0.2) is 11.5 Å². The Morgan fingerprint density at radius 1 is 1.15 bits per heavy atom. The Morgan fingerprint density at radius 3 is 2.45 bits per heavy atom. The summed E-state index contributed by atoms with van der Waals surface area (Å²) in [5.41, 5.74) is 2.53. The lowest BCUT2D eigenvalue weighted by atomic mass is 10.1. The van der Waals surface area contributed by atoms with Gasteiger partial charge in [-0.2, -0.15) is 0 Å². The molecule has 0 bridgehead atoms. The molecule has 20 heavy (non-hydrogen) atoms. The van der Waals surface area contributed by atoms with Gasteiger partial charge in [0.1, 0.15) is 5.52 Å². The number of hydrogen-bond donors (Lipinski definition) is 1. The van der Waals surface area contributed by atoms with Crippen molar-refractivity contribution in [1.82, 2.24) is 9.55 Å². The van der Waals surface area contributed by atoms with Gasteiger partial charge in [0.2, 0.25) is 0 Å². The third-order valence-electron chi connectivity index (χ3n) is 3.73. The number of fused-ring (bicyclic) bond motifs is 3.